The number of benzene rings is 1. The maximum Gasteiger partial charge on any atom is 0.0556 e. The molecule has 0 saturated heterocycles. The maximum atomic E-state index is 8.94. The van der Waals surface area contributed by atoms with Crippen molar-refractivity contribution in [3.05, 3.63) is 35.9 Å². The van der Waals surface area contributed by atoms with Crippen molar-refractivity contribution < 1.29 is 5.11 Å². The van der Waals surface area contributed by atoms with Crippen molar-refractivity contribution in [3.8, 4) is 0 Å². The van der Waals surface area contributed by atoms with Crippen LogP contribution < -0.4 is 5.32 Å². The molecular formula is C14H21NO. The number of aliphatic hydroxyl groups is 1. The van der Waals surface area contributed by atoms with E-state index in [0.29, 0.717) is 6.54 Å². The van der Waals surface area contributed by atoms with Crippen LogP contribution in [0.4, 0.5) is 0 Å². The second-order valence-corrected chi connectivity index (χ2v) is 4.80. The lowest BCUT2D eigenvalue weighted by atomic mass is 9.89. The molecule has 0 amide bonds. The van der Waals surface area contributed by atoms with Gasteiger partial charge in [0, 0.05) is 12.1 Å². The summed E-state index contributed by atoms with van der Waals surface area (Å²) in [6.45, 7) is 0.948. The average Bonchev–Trinajstić information content (AvgIpc) is 2.77. The van der Waals surface area contributed by atoms with Crippen LogP contribution in [0.1, 0.15) is 31.2 Å². The van der Waals surface area contributed by atoms with Gasteiger partial charge in [-0.2, -0.15) is 0 Å². The third-order valence-corrected chi connectivity index (χ3v) is 3.56. The summed E-state index contributed by atoms with van der Waals surface area (Å²) >= 11 is 0. The first-order chi connectivity index (χ1) is 7.85. The van der Waals surface area contributed by atoms with E-state index in [1.807, 2.05) is 0 Å². The molecule has 0 unspecified atom stereocenters. The predicted octanol–water partition coefficient (Wildman–Crippen LogP) is 2.12. The first-order valence-electron chi connectivity index (χ1n) is 6.24. The minimum absolute atomic E-state index is 0.233. The Morgan fingerprint density at radius 3 is 2.44 bits per heavy atom. The molecule has 2 rings (SSSR count). The molecule has 1 aliphatic rings. The van der Waals surface area contributed by atoms with E-state index in [0.717, 1.165) is 6.42 Å². The van der Waals surface area contributed by atoms with Crippen molar-refractivity contribution in [2.45, 2.75) is 37.6 Å². The molecule has 0 radical (unpaired) electrons. The molecule has 1 saturated carbocycles. The van der Waals surface area contributed by atoms with E-state index < -0.39 is 0 Å². The molecule has 2 heteroatoms. The van der Waals surface area contributed by atoms with Gasteiger partial charge in [-0.05, 0) is 24.8 Å². The van der Waals surface area contributed by atoms with Crippen molar-refractivity contribution in [3.63, 3.8) is 0 Å². The first kappa shape index (κ1) is 11.6. The molecule has 2 N–H and O–H groups in total. The molecule has 1 fully saturated rings. The molecule has 2 nitrogen and oxygen atoms in total. The van der Waals surface area contributed by atoms with Gasteiger partial charge in [0.05, 0.1) is 6.61 Å². The monoisotopic (exact) mass is 219 g/mol. The van der Waals surface area contributed by atoms with Gasteiger partial charge in [-0.15, -0.1) is 0 Å². The quantitative estimate of drug-likeness (QED) is 0.795. The van der Waals surface area contributed by atoms with E-state index in [4.69, 9.17) is 5.11 Å². The Kier molecular flexibility index (Phi) is 3.97. The van der Waals surface area contributed by atoms with Crippen LogP contribution in [0.5, 0.6) is 0 Å². The fourth-order valence-corrected chi connectivity index (χ4v) is 2.78. The molecule has 0 aliphatic heterocycles. The van der Waals surface area contributed by atoms with Crippen LogP contribution in [-0.2, 0) is 6.42 Å². The molecule has 0 spiro atoms. The van der Waals surface area contributed by atoms with Gasteiger partial charge in [0.15, 0.2) is 0 Å². The minimum atomic E-state index is 0.233. The van der Waals surface area contributed by atoms with Gasteiger partial charge >= 0.3 is 0 Å². The third-order valence-electron chi connectivity index (χ3n) is 3.56. The van der Waals surface area contributed by atoms with Gasteiger partial charge in [0.25, 0.3) is 0 Å². The molecular weight excluding hydrogens is 198 g/mol. The Balaban J connectivity index is 2.02. The lowest BCUT2D eigenvalue weighted by Gasteiger charge is -2.30. The average molecular weight is 219 g/mol. The normalized spacial score (nSPS) is 18.8. The Labute approximate surface area is 97.7 Å². The number of rotatable bonds is 5. The van der Waals surface area contributed by atoms with Gasteiger partial charge in [-0.1, -0.05) is 43.2 Å². The standard InChI is InChI=1S/C14H21NO/c16-11-10-15-14(8-4-5-9-14)12-13-6-2-1-3-7-13/h1-3,6-7,15-16H,4-5,8-12H2. The van der Waals surface area contributed by atoms with Crippen molar-refractivity contribution in [1.82, 2.24) is 5.32 Å². The van der Waals surface area contributed by atoms with Gasteiger partial charge < -0.3 is 10.4 Å². The van der Waals surface area contributed by atoms with Crippen LogP contribution in [0.25, 0.3) is 0 Å². The highest BCUT2D eigenvalue weighted by molar-refractivity contribution is 5.18. The third kappa shape index (κ3) is 2.83. The smallest absolute Gasteiger partial charge is 0.0556 e. The van der Waals surface area contributed by atoms with Crippen molar-refractivity contribution in [2.75, 3.05) is 13.2 Å². The highest BCUT2D eigenvalue weighted by Gasteiger charge is 2.32. The molecule has 1 aliphatic carbocycles. The number of hydrogen-bond donors (Lipinski definition) is 2. The Morgan fingerprint density at radius 2 is 1.81 bits per heavy atom. The van der Waals surface area contributed by atoms with E-state index in [1.165, 1.54) is 31.2 Å². The van der Waals surface area contributed by atoms with Crippen molar-refractivity contribution >= 4 is 0 Å². The SMILES string of the molecule is OCCNC1(Cc2ccccc2)CCCC1. The molecule has 16 heavy (non-hydrogen) atoms. The lowest BCUT2D eigenvalue weighted by molar-refractivity contribution is 0.250. The molecule has 1 aromatic carbocycles. The molecule has 0 atom stereocenters. The summed E-state index contributed by atoms with van der Waals surface area (Å²) < 4.78 is 0. The fraction of sp³-hybridized carbons (Fsp3) is 0.571. The second-order valence-electron chi connectivity index (χ2n) is 4.80. The molecule has 1 aromatic rings. The van der Waals surface area contributed by atoms with Crippen molar-refractivity contribution in [1.29, 1.82) is 0 Å². The minimum Gasteiger partial charge on any atom is -0.395 e. The number of aliphatic hydroxyl groups excluding tert-OH is 1. The van der Waals surface area contributed by atoms with Gasteiger partial charge in [-0.25, -0.2) is 0 Å². The molecule has 0 aromatic heterocycles. The van der Waals surface area contributed by atoms with Crippen LogP contribution >= 0.6 is 0 Å². The maximum absolute atomic E-state index is 8.94. The summed E-state index contributed by atoms with van der Waals surface area (Å²) in [7, 11) is 0. The highest BCUT2D eigenvalue weighted by atomic mass is 16.3. The number of hydrogen-bond acceptors (Lipinski definition) is 2. The van der Waals surface area contributed by atoms with Crippen molar-refractivity contribution in [2.24, 2.45) is 0 Å². The van der Waals surface area contributed by atoms with Crippen LogP contribution in [0, 0.1) is 0 Å². The largest absolute Gasteiger partial charge is 0.395 e. The summed E-state index contributed by atoms with van der Waals surface area (Å²) in [5.74, 6) is 0. The summed E-state index contributed by atoms with van der Waals surface area (Å²) in [4.78, 5) is 0. The van der Waals surface area contributed by atoms with Crippen LogP contribution in [-0.4, -0.2) is 23.8 Å². The van der Waals surface area contributed by atoms with E-state index in [2.05, 4.69) is 35.6 Å². The fourth-order valence-electron chi connectivity index (χ4n) is 2.78. The summed E-state index contributed by atoms with van der Waals surface area (Å²) in [6.07, 6.45) is 6.19. The Bertz CT molecular complexity index is 304. The molecule has 88 valence electrons. The zero-order chi connectivity index (χ0) is 11.3. The van der Waals surface area contributed by atoms with E-state index in [9.17, 15) is 0 Å². The predicted molar refractivity (Wildman–Crippen MR) is 66.4 cm³/mol. The Morgan fingerprint density at radius 1 is 1.12 bits per heavy atom. The zero-order valence-corrected chi connectivity index (χ0v) is 9.78. The topological polar surface area (TPSA) is 32.3 Å². The van der Waals surface area contributed by atoms with Gasteiger partial charge in [0.1, 0.15) is 0 Å². The van der Waals surface area contributed by atoms with Gasteiger partial charge in [-0.3, -0.25) is 0 Å². The summed E-state index contributed by atoms with van der Waals surface area (Å²) in [5, 5.41) is 12.5. The van der Waals surface area contributed by atoms with Crippen LogP contribution in [0.15, 0.2) is 30.3 Å². The van der Waals surface area contributed by atoms with E-state index >= 15 is 0 Å². The van der Waals surface area contributed by atoms with E-state index in [-0.39, 0.29) is 12.1 Å². The molecule has 0 heterocycles. The number of nitrogens with one attached hydrogen (secondary N) is 1. The molecule has 0 bridgehead atoms. The van der Waals surface area contributed by atoms with E-state index in [1.54, 1.807) is 0 Å². The van der Waals surface area contributed by atoms with Gasteiger partial charge in [0.2, 0.25) is 0 Å². The van der Waals surface area contributed by atoms with Crippen LogP contribution in [0.2, 0.25) is 0 Å². The Hall–Kier alpha value is -0.860. The van der Waals surface area contributed by atoms with Crippen LogP contribution in [0.3, 0.4) is 0 Å². The zero-order valence-electron chi connectivity index (χ0n) is 9.78. The lowest BCUT2D eigenvalue weighted by Crippen LogP contribution is -2.45. The first-order valence-corrected chi connectivity index (χ1v) is 6.24. The highest BCUT2D eigenvalue weighted by Crippen LogP contribution is 2.32. The second kappa shape index (κ2) is 5.46. The summed E-state index contributed by atoms with van der Waals surface area (Å²) in [5.41, 5.74) is 1.64. The summed E-state index contributed by atoms with van der Waals surface area (Å²) in [6, 6.07) is 10.7. The number of β-amino-alcohol motifs (C(OH)–C–C–N with tert-alkyl or cyclic N) is 1.